The van der Waals surface area contributed by atoms with Crippen molar-refractivity contribution in [2.24, 2.45) is 5.92 Å². The minimum Gasteiger partial charge on any atom is -0.481 e. The van der Waals surface area contributed by atoms with Crippen LogP contribution in [0.25, 0.3) is 0 Å². The Balaban J connectivity index is 2.30. The number of carbonyl (C=O) groups is 2. The Kier molecular flexibility index (Phi) is 6.47. The van der Waals surface area contributed by atoms with Crippen LogP contribution in [0.3, 0.4) is 0 Å². The first-order valence-electron chi connectivity index (χ1n) is 6.81. The van der Waals surface area contributed by atoms with Crippen molar-refractivity contribution in [3.8, 4) is 0 Å². The van der Waals surface area contributed by atoms with E-state index in [4.69, 9.17) is 5.11 Å². The molecule has 0 bridgehead atoms. The Hall–Kier alpha value is -1.32. The topological polar surface area (TPSA) is 66.4 Å². The zero-order valence-electron chi connectivity index (χ0n) is 11.1. The lowest BCUT2D eigenvalue weighted by molar-refractivity contribution is -0.141. The molecule has 4 nitrogen and oxygen atoms in total. The lowest BCUT2D eigenvalue weighted by atomic mass is 9.97. The van der Waals surface area contributed by atoms with Crippen LogP contribution in [0.5, 0.6) is 0 Å². The molecule has 1 aliphatic carbocycles. The summed E-state index contributed by atoms with van der Waals surface area (Å²) >= 11 is 0. The number of allylic oxidation sites excluding steroid dienone is 1. The maximum Gasteiger partial charge on any atom is 0.308 e. The zero-order valence-corrected chi connectivity index (χ0v) is 11.1. The molecule has 2 N–H and O–H groups in total. The van der Waals surface area contributed by atoms with E-state index in [1.807, 2.05) is 6.92 Å². The van der Waals surface area contributed by atoms with E-state index in [2.05, 4.69) is 11.4 Å². The molecule has 0 aromatic rings. The summed E-state index contributed by atoms with van der Waals surface area (Å²) in [5.74, 6) is -1.33. The molecule has 0 spiro atoms. The van der Waals surface area contributed by atoms with Crippen LogP contribution in [0.15, 0.2) is 11.6 Å². The molecule has 0 saturated heterocycles. The van der Waals surface area contributed by atoms with Gasteiger partial charge >= 0.3 is 5.97 Å². The predicted molar refractivity (Wildman–Crippen MR) is 70.2 cm³/mol. The van der Waals surface area contributed by atoms with E-state index in [-0.39, 0.29) is 12.5 Å². The third-order valence-corrected chi connectivity index (χ3v) is 3.30. The van der Waals surface area contributed by atoms with Gasteiger partial charge in [0.15, 0.2) is 0 Å². The van der Waals surface area contributed by atoms with Crippen LogP contribution < -0.4 is 5.32 Å². The van der Waals surface area contributed by atoms with Crippen LogP contribution >= 0.6 is 0 Å². The van der Waals surface area contributed by atoms with E-state index >= 15 is 0 Å². The highest BCUT2D eigenvalue weighted by Gasteiger charge is 2.17. The smallest absolute Gasteiger partial charge is 0.308 e. The first-order chi connectivity index (χ1) is 8.63. The second-order valence-corrected chi connectivity index (χ2v) is 4.91. The van der Waals surface area contributed by atoms with E-state index < -0.39 is 11.9 Å². The number of hydrogen-bond acceptors (Lipinski definition) is 2. The highest BCUT2D eigenvalue weighted by atomic mass is 16.4. The molecule has 0 fully saturated rings. The van der Waals surface area contributed by atoms with Crippen molar-refractivity contribution < 1.29 is 14.7 Å². The van der Waals surface area contributed by atoms with Gasteiger partial charge in [-0.15, -0.1) is 0 Å². The number of nitrogens with one attached hydrogen (secondary N) is 1. The van der Waals surface area contributed by atoms with Crippen molar-refractivity contribution in [1.82, 2.24) is 5.32 Å². The van der Waals surface area contributed by atoms with E-state index in [9.17, 15) is 9.59 Å². The first-order valence-corrected chi connectivity index (χ1v) is 6.81. The Bertz CT molecular complexity index is 323. The Morgan fingerprint density at radius 2 is 2.22 bits per heavy atom. The molecule has 0 heterocycles. The SMILES string of the molecule is CCCC(CNC(=O)CC1=CCCCC1)C(=O)O. The Morgan fingerprint density at radius 3 is 2.78 bits per heavy atom. The van der Waals surface area contributed by atoms with Crippen molar-refractivity contribution in [3.63, 3.8) is 0 Å². The molecule has 4 heteroatoms. The van der Waals surface area contributed by atoms with Gasteiger partial charge in [-0.25, -0.2) is 0 Å². The van der Waals surface area contributed by atoms with Gasteiger partial charge in [-0.1, -0.05) is 25.0 Å². The lowest BCUT2D eigenvalue weighted by Crippen LogP contribution is -2.33. The molecule has 18 heavy (non-hydrogen) atoms. The fourth-order valence-corrected chi connectivity index (χ4v) is 2.23. The molecular formula is C14H23NO3. The predicted octanol–water partition coefficient (Wildman–Crippen LogP) is 2.49. The third kappa shape index (κ3) is 5.34. The molecule has 1 atom stereocenters. The quantitative estimate of drug-likeness (QED) is 0.685. The summed E-state index contributed by atoms with van der Waals surface area (Å²) in [6.45, 7) is 2.19. The van der Waals surface area contributed by atoms with Crippen molar-refractivity contribution in [1.29, 1.82) is 0 Å². The second kappa shape index (κ2) is 7.90. The molecular weight excluding hydrogens is 230 g/mol. The number of rotatable bonds is 7. The van der Waals surface area contributed by atoms with Crippen molar-refractivity contribution in [2.45, 2.75) is 51.9 Å². The molecule has 1 amide bonds. The number of carboxylic acids is 1. The van der Waals surface area contributed by atoms with Crippen molar-refractivity contribution in [3.05, 3.63) is 11.6 Å². The highest BCUT2D eigenvalue weighted by molar-refractivity contribution is 5.79. The van der Waals surface area contributed by atoms with E-state index in [0.717, 1.165) is 25.7 Å². The second-order valence-electron chi connectivity index (χ2n) is 4.91. The van der Waals surface area contributed by atoms with E-state index in [1.54, 1.807) is 0 Å². The maximum absolute atomic E-state index is 11.7. The molecule has 1 aliphatic rings. The van der Waals surface area contributed by atoms with Gasteiger partial charge in [0.2, 0.25) is 5.91 Å². The summed E-state index contributed by atoms with van der Waals surface area (Å²) in [7, 11) is 0. The van der Waals surface area contributed by atoms with Gasteiger partial charge in [0.05, 0.1) is 5.92 Å². The van der Waals surface area contributed by atoms with Crippen molar-refractivity contribution >= 4 is 11.9 Å². The minimum atomic E-state index is -0.825. The Morgan fingerprint density at radius 1 is 1.44 bits per heavy atom. The van der Waals surface area contributed by atoms with Gasteiger partial charge < -0.3 is 10.4 Å². The van der Waals surface area contributed by atoms with Crippen LogP contribution in [0.1, 0.15) is 51.9 Å². The average molecular weight is 253 g/mol. The monoisotopic (exact) mass is 253 g/mol. The number of hydrogen-bond donors (Lipinski definition) is 2. The maximum atomic E-state index is 11.7. The highest BCUT2D eigenvalue weighted by Crippen LogP contribution is 2.19. The fraction of sp³-hybridized carbons (Fsp3) is 0.714. The van der Waals surface area contributed by atoms with Crippen LogP contribution in [-0.2, 0) is 9.59 Å². The average Bonchev–Trinajstić information content (AvgIpc) is 2.35. The number of aliphatic carboxylic acids is 1. The largest absolute Gasteiger partial charge is 0.481 e. The molecule has 1 rings (SSSR count). The fourth-order valence-electron chi connectivity index (χ4n) is 2.23. The molecule has 0 aromatic carbocycles. The zero-order chi connectivity index (χ0) is 13.4. The summed E-state index contributed by atoms with van der Waals surface area (Å²) in [4.78, 5) is 22.6. The summed E-state index contributed by atoms with van der Waals surface area (Å²) < 4.78 is 0. The third-order valence-electron chi connectivity index (χ3n) is 3.30. The molecule has 102 valence electrons. The van der Waals surface area contributed by atoms with Crippen LogP contribution in [-0.4, -0.2) is 23.5 Å². The van der Waals surface area contributed by atoms with E-state index in [1.165, 1.54) is 12.0 Å². The standard InChI is InChI=1S/C14H23NO3/c1-2-6-12(14(17)18)10-15-13(16)9-11-7-4-3-5-8-11/h7,12H,2-6,8-10H2,1H3,(H,15,16)(H,17,18). The van der Waals surface area contributed by atoms with Crippen LogP contribution in [0.2, 0.25) is 0 Å². The summed E-state index contributed by atoms with van der Waals surface area (Å²) in [5, 5.41) is 11.7. The van der Waals surface area contributed by atoms with Crippen LogP contribution in [0.4, 0.5) is 0 Å². The van der Waals surface area contributed by atoms with Gasteiger partial charge in [-0.3, -0.25) is 9.59 Å². The summed E-state index contributed by atoms with van der Waals surface area (Å²) in [6, 6.07) is 0. The van der Waals surface area contributed by atoms with E-state index in [0.29, 0.717) is 12.8 Å². The Labute approximate surface area is 108 Å². The van der Waals surface area contributed by atoms with Gasteiger partial charge in [0, 0.05) is 13.0 Å². The molecule has 0 aliphatic heterocycles. The molecule has 1 unspecified atom stereocenters. The normalized spacial score (nSPS) is 16.8. The number of amides is 1. The number of carboxylic acid groups (broad SMARTS) is 1. The number of carbonyl (C=O) groups excluding carboxylic acids is 1. The molecule has 0 radical (unpaired) electrons. The van der Waals surface area contributed by atoms with Gasteiger partial charge in [0.25, 0.3) is 0 Å². The van der Waals surface area contributed by atoms with Gasteiger partial charge in [-0.2, -0.15) is 0 Å². The van der Waals surface area contributed by atoms with Gasteiger partial charge in [-0.05, 0) is 32.1 Å². The minimum absolute atomic E-state index is 0.0505. The lowest BCUT2D eigenvalue weighted by Gasteiger charge is -2.15. The summed E-state index contributed by atoms with van der Waals surface area (Å²) in [5.41, 5.74) is 1.20. The first kappa shape index (κ1) is 14.7. The van der Waals surface area contributed by atoms with Crippen molar-refractivity contribution in [2.75, 3.05) is 6.54 Å². The van der Waals surface area contributed by atoms with Crippen LogP contribution in [0, 0.1) is 5.92 Å². The van der Waals surface area contributed by atoms with Gasteiger partial charge in [0.1, 0.15) is 0 Å². The molecule has 0 saturated carbocycles. The summed E-state index contributed by atoms with van der Waals surface area (Å²) in [6.07, 6.45) is 8.44. The molecule has 0 aromatic heterocycles.